The molecule has 3 aromatic heterocycles. The molecule has 5 aromatic rings. The zero-order chi connectivity index (χ0) is 22.9. The molecule has 33 heavy (non-hydrogen) atoms. The molecule has 0 N–H and O–H groups in total. The van der Waals surface area contributed by atoms with Crippen molar-refractivity contribution < 1.29 is 9.53 Å². The molecule has 3 heterocycles. The lowest BCUT2D eigenvalue weighted by molar-refractivity contribution is -0.139. The minimum atomic E-state index is -0.424. The molecule has 11 heteroatoms. The Morgan fingerprint density at radius 3 is 2.55 bits per heavy atom. The van der Waals surface area contributed by atoms with E-state index in [0.717, 1.165) is 11.4 Å². The number of fused-ring (bicyclic) bond motifs is 3. The van der Waals surface area contributed by atoms with Gasteiger partial charge in [-0.3, -0.25) is 4.79 Å². The number of hydrogen-bond donors (Lipinski definition) is 0. The number of hydrogen-bond acceptors (Lipinski definition) is 8. The lowest BCUT2D eigenvalue weighted by atomic mass is 10.2. The molecule has 0 radical (unpaired) electrons. The second-order valence-corrected chi connectivity index (χ2v) is 8.72. The highest BCUT2D eigenvalue weighted by Gasteiger charge is 2.22. The van der Waals surface area contributed by atoms with Crippen molar-refractivity contribution in [2.24, 2.45) is 0 Å². The average molecular weight is 480 g/mol. The summed E-state index contributed by atoms with van der Waals surface area (Å²) in [7, 11) is 1.33. The summed E-state index contributed by atoms with van der Waals surface area (Å²) >= 11 is 7.57. The number of aryl methyl sites for hydroxylation is 1. The van der Waals surface area contributed by atoms with Crippen molar-refractivity contribution in [2.45, 2.75) is 24.3 Å². The Hall–Kier alpha value is -3.50. The molecule has 0 saturated heterocycles. The van der Waals surface area contributed by atoms with Crippen molar-refractivity contribution in [3.8, 4) is 5.69 Å². The van der Waals surface area contributed by atoms with Crippen LogP contribution in [0.4, 0.5) is 0 Å². The van der Waals surface area contributed by atoms with Gasteiger partial charge in [0.05, 0.1) is 19.2 Å². The minimum absolute atomic E-state index is 0.0441. The van der Waals surface area contributed by atoms with E-state index < -0.39 is 5.97 Å². The number of methoxy groups -OCH3 is 1. The maximum absolute atomic E-state index is 11.9. The third-order valence-corrected chi connectivity index (χ3v) is 6.18. The van der Waals surface area contributed by atoms with Gasteiger partial charge < -0.3 is 4.74 Å². The number of nitrogens with zero attached hydrogens (tertiary/aromatic N) is 7. The van der Waals surface area contributed by atoms with E-state index >= 15 is 0 Å². The summed E-state index contributed by atoms with van der Waals surface area (Å²) in [4.78, 5) is 16.5. The highest BCUT2D eigenvalue weighted by molar-refractivity contribution is 7.98. The summed E-state index contributed by atoms with van der Waals surface area (Å²) in [5.41, 5.74) is 4.56. The predicted molar refractivity (Wildman–Crippen MR) is 125 cm³/mol. The smallest absolute Gasteiger partial charge is 0.311 e. The number of esters is 1. The van der Waals surface area contributed by atoms with Crippen LogP contribution in [-0.4, -0.2) is 47.7 Å². The van der Waals surface area contributed by atoms with Gasteiger partial charge in [-0.1, -0.05) is 53.2 Å². The largest absolute Gasteiger partial charge is 0.469 e. The number of ether oxygens (including phenoxy) is 1. The van der Waals surface area contributed by atoms with E-state index in [0.29, 0.717) is 32.8 Å². The van der Waals surface area contributed by atoms with Crippen LogP contribution < -0.4 is 0 Å². The molecule has 0 amide bonds. The van der Waals surface area contributed by atoms with Gasteiger partial charge in [-0.25, -0.2) is 4.68 Å². The topological polar surface area (TPSA) is 100 Å². The quantitative estimate of drug-likeness (QED) is 0.267. The molecule has 0 aliphatic heterocycles. The summed E-state index contributed by atoms with van der Waals surface area (Å²) in [5, 5.41) is 18.9. The van der Waals surface area contributed by atoms with Crippen LogP contribution in [0.3, 0.4) is 0 Å². The Kier molecular flexibility index (Phi) is 5.69. The van der Waals surface area contributed by atoms with E-state index in [-0.39, 0.29) is 6.42 Å². The lowest BCUT2D eigenvalue weighted by Gasteiger charge is -2.03. The molecule has 0 aliphatic rings. The molecule has 0 unspecified atom stereocenters. The monoisotopic (exact) mass is 479 g/mol. The predicted octanol–water partition coefficient (Wildman–Crippen LogP) is 3.83. The zero-order valence-electron chi connectivity index (χ0n) is 17.8. The fourth-order valence-corrected chi connectivity index (χ4v) is 4.21. The van der Waals surface area contributed by atoms with Crippen molar-refractivity contribution in [3.05, 3.63) is 70.4 Å². The first-order valence-electron chi connectivity index (χ1n) is 10.0. The van der Waals surface area contributed by atoms with Gasteiger partial charge in [0.1, 0.15) is 5.69 Å². The minimum Gasteiger partial charge on any atom is -0.469 e. The van der Waals surface area contributed by atoms with Crippen molar-refractivity contribution in [1.29, 1.82) is 0 Å². The maximum atomic E-state index is 11.9. The summed E-state index contributed by atoms with van der Waals surface area (Å²) in [6.07, 6.45) is -0.0441. The van der Waals surface area contributed by atoms with Gasteiger partial charge >= 0.3 is 5.97 Å². The van der Waals surface area contributed by atoms with Crippen molar-refractivity contribution in [2.75, 3.05) is 7.11 Å². The normalized spacial score (nSPS) is 11.4. The first kappa shape index (κ1) is 21.4. The summed E-state index contributed by atoms with van der Waals surface area (Å²) in [5.74, 6) is 0.638. The Morgan fingerprint density at radius 2 is 1.82 bits per heavy atom. The van der Waals surface area contributed by atoms with Crippen LogP contribution in [0.1, 0.15) is 16.8 Å². The first-order chi connectivity index (χ1) is 16.0. The second kappa shape index (κ2) is 8.80. The van der Waals surface area contributed by atoms with Crippen molar-refractivity contribution in [3.63, 3.8) is 0 Å². The number of benzene rings is 2. The Labute approximate surface area is 197 Å². The standard InChI is InChI=1S/C22H18ClN7O2S/c1-13-3-5-14(6-4-13)12-33-22-24-21-26-25-19-17(11-18(31)32-2)27-29(20(19)30(21)28-22)16-9-7-15(23)8-10-16/h3-10H,11-12H2,1-2H3. The number of halogens is 1. The van der Waals surface area contributed by atoms with Gasteiger partial charge in [-0.15, -0.1) is 15.3 Å². The molecule has 0 fully saturated rings. The van der Waals surface area contributed by atoms with E-state index in [2.05, 4.69) is 56.6 Å². The van der Waals surface area contributed by atoms with Gasteiger partial charge in [0.15, 0.2) is 11.2 Å². The number of aromatic nitrogens is 7. The number of rotatable bonds is 6. The third kappa shape index (κ3) is 4.27. The van der Waals surface area contributed by atoms with Crippen LogP contribution >= 0.6 is 23.4 Å². The molecule has 5 rings (SSSR count). The summed E-state index contributed by atoms with van der Waals surface area (Å²) in [6, 6.07) is 15.5. The summed E-state index contributed by atoms with van der Waals surface area (Å²) in [6.45, 7) is 2.06. The molecule has 9 nitrogen and oxygen atoms in total. The van der Waals surface area contributed by atoms with Crippen LogP contribution in [0, 0.1) is 6.92 Å². The zero-order valence-corrected chi connectivity index (χ0v) is 19.3. The Balaban J connectivity index is 1.59. The molecular weight excluding hydrogens is 462 g/mol. The van der Waals surface area contributed by atoms with Crippen LogP contribution in [0.25, 0.3) is 22.6 Å². The van der Waals surface area contributed by atoms with E-state index in [4.69, 9.17) is 16.3 Å². The first-order valence-corrected chi connectivity index (χ1v) is 11.4. The summed E-state index contributed by atoms with van der Waals surface area (Å²) < 4.78 is 8.08. The lowest BCUT2D eigenvalue weighted by Crippen LogP contribution is -2.06. The Morgan fingerprint density at radius 1 is 1.06 bits per heavy atom. The second-order valence-electron chi connectivity index (χ2n) is 7.34. The van der Waals surface area contributed by atoms with Crippen LogP contribution in [0.2, 0.25) is 5.02 Å². The van der Waals surface area contributed by atoms with Gasteiger partial charge in [0.25, 0.3) is 5.78 Å². The highest BCUT2D eigenvalue weighted by Crippen LogP contribution is 2.25. The molecular formula is C22H18ClN7O2S. The number of carbonyl (C=O) groups is 1. The average Bonchev–Trinajstić information content (AvgIpc) is 3.40. The fraction of sp³-hybridized carbons (Fsp3) is 0.182. The van der Waals surface area contributed by atoms with Crippen LogP contribution in [0.5, 0.6) is 0 Å². The molecule has 0 atom stereocenters. The third-order valence-electron chi connectivity index (χ3n) is 5.02. The Bertz CT molecular complexity index is 1460. The van der Waals surface area contributed by atoms with Gasteiger partial charge in [-0.2, -0.15) is 14.6 Å². The van der Waals surface area contributed by atoms with Crippen LogP contribution in [-0.2, 0) is 21.7 Å². The van der Waals surface area contributed by atoms with Gasteiger partial charge in [-0.05, 0) is 36.8 Å². The van der Waals surface area contributed by atoms with E-state index in [9.17, 15) is 4.79 Å². The van der Waals surface area contributed by atoms with E-state index in [1.807, 2.05) is 12.1 Å². The molecule has 0 saturated carbocycles. The maximum Gasteiger partial charge on any atom is 0.311 e. The number of carbonyl (C=O) groups excluding carboxylic acids is 1. The van der Waals surface area contributed by atoms with Gasteiger partial charge in [0.2, 0.25) is 5.16 Å². The van der Waals surface area contributed by atoms with Crippen molar-refractivity contribution >= 4 is 46.3 Å². The molecule has 0 bridgehead atoms. The van der Waals surface area contributed by atoms with Gasteiger partial charge in [0, 0.05) is 10.8 Å². The number of thioether (sulfide) groups is 1. The fourth-order valence-electron chi connectivity index (χ4n) is 3.31. The molecule has 0 spiro atoms. The molecule has 0 aliphatic carbocycles. The molecule has 166 valence electrons. The van der Waals surface area contributed by atoms with E-state index in [1.165, 1.54) is 30.0 Å². The van der Waals surface area contributed by atoms with Crippen LogP contribution in [0.15, 0.2) is 53.7 Å². The molecule has 2 aromatic carbocycles. The SMILES string of the molecule is COC(=O)Cc1nn(-c2ccc(Cl)cc2)c2c1nnc1nc(SCc3ccc(C)cc3)nn12. The van der Waals surface area contributed by atoms with E-state index in [1.54, 1.807) is 21.3 Å². The van der Waals surface area contributed by atoms with Crippen molar-refractivity contribution in [1.82, 2.24) is 34.6 Å². The highest BCUT2D eigenvalue weighted by atomic mass is 35.5.